The van der Waals surface area contributed by atoms with E-state index in [-0.39, 0.29) is 11.3 Å². The van der Waals surface area contributed by atoms with Crippen molar-refractivity contribution in [2.45, 2.75) is 5.16 Å². The van der Waals surface area contributed by atoms with Crippen LogP contribution in [0.25, 0.3) is 10.2 Å². The van der Waals surface area contributed by atoms with Crippen LogP contribution in [0.1, 0.15) is 0 Å². The number of carbonyl (C=O) groups is 2. The lowest BCUT2D eigenvalue weighted by Gasteiger charge is -2.19. The lowest BCUT2D eigenvalue weighted by molar-refractivity contribution is -0.117. The molecular formula is C18H16N4O5S2. The Kier molecular flexibility index (Phi) is 5.41. The number of urea groups is 1. The number of thiophene rings is 1. The fourth-order valence-electron chi connectivity index (χ4n) is 2.67. The molecule has 3 amide bonds. The van der Waals surface area contributed by atoms with Crippen molar-refractivity contribution in [1.29, 1.82) is 0 Å². The Hall–Kier alpha value is -3.05. The van der Waals surface area contributed by atoms with Gasteiger partial charge in [0.2, 0.25) is 5.91 Å². The molecule has 29 heavy (non-hydrogen) atoms. The SMILES string of the molecule is Cn1c(SCC(=O)NC(=O)Nc2ccc3c(c2)OCCO3)nc2ccsc2c1=O. The predicted octanol–water partition coefficient (Wildman–Crippen LogP) is 2.21. The Bertz CT molecular complexity index is 1160. The number of amides is 3. The van der Waals surface area contributed by atoms with Gasteiger partial charge in [-0.1, -0.05) is 11.8 Å². The van der Waals surface area contributed by atoms with Gasteiger partial charge < -0.3 is 14.8 Å². The van der Waals surface area contributed by atoms with Crippen molar-refractivity contribution < 1.29 is 19.1 Å². The molecule has 2 N–H and O–H groups in total. The van der Waals surface area contributed by atoms with E-state index in [4.69, 9.17) is 9.47 Å². The molecule has 0 saturated heterocycles. The van der Waals surface area contributed by atoms with Crippen molar-refractivity contribution in [3.05, 3.63) is 40.0 Å². The number of nitrogens with one attached hydrogen (secondary N) is 2. The Morgan fingerprint density at radius 2 is 2.03 bits per heavy atom. The van der Waals surface area contributed by atoms with Crippen molar-refractivity contribution in [2.75, 3.05) is 24.3 Å². The summed E-state index contributed by atoms with van der Waals surface area (Å²) in [6, 6.07) is 6.06. The van der Waals surface area contributed by atoms with Gasteiger partial charge >= 0.3 is 6.03 Å². The van der Waals surface area contributed by atoms with Gasteiger partial charge in [-0.25, -0.2) is 9.78 Å². The first-order chi connectivity index (χ1) is 14.0. The lowest BCUT2D eigenvalue weighted by Crippen LogP contribution is -2.35. The van der Waals surface area contributed by atoms with Crippen LogP contribution in [-0.2, 0) is 11.8 Å². The molecule has 11 heteroatoms. The van der Waals surface area contributed by atoms with E-state index in [1.807, 2.05) is 0 Å². The molecule has 1 aromatic carbocycles. The maximum absolute atomic E-state index is 12.3. The third kappa shape index (κ3) is 4.20. The van der Waals surface area contributed by atoms with E-state index < -0.39 is 11.9 Å². The summed E-state index contributed by atoms with van der Waals surface area (Å²) in [6.07, 6.45) is 0. The molecule has 1 aliphatic rings. The van der Waals surface area contributed by atoms with E-state index in [9.17, 15) is 14.4 Å². The van der Waals surface area contributed by atoms with E-state index >= 15 is 0 Å². The number of hydrogen-bond donors (Lipinski definition) is 2. The third-order valence-electron chi connectivity index (χ3n) is 4.03. The highest BCUT2D eigenvalue weighted by atomic mass is 32.2. The molecule has 2 aromatic heterocycles. The van der Waals surface area contributed by atoms with Gasteiger partial charge in [-0.2, -0.15) is 0 Å². The summed E-state index contributed by atoms with van der Waals surface area (Å²) in [4.78, 5) is 40.8. The van der Waals surface area contributed by atoms with E-state index in [0.29, 0.717) is 45.8 Å². The highest BCUT2D eigenvalue weighted by Gasteiger charge is 2.15. The summed E-state index contributed by atoms with van der Waals surface area (Å²) in [6.45, 7) is 0.915. The maximum atomic E-state index is 12.3. The van der Waals surface area contributed by atoms with Crippen LogP contribution in [0.5, 0.6) is 11.5 Å². The molecular weight excluding hydrogens is 416 g/mol. The van der Waals surface area contributed by atoms with Crippen LogP contribution in [-0.4, -0.2) is 40.5 Å². The quantitative estimate of drug-likeness (QED) is 0.480. The van der Waals surface area contributed by atoms with Crippen LogP contribution >= 0.6 is 23.1 Å². The molecule has 0 fully saturated rings. The number of nitrogens with zero attached hydrogens (tertiary/aromatic N) is 2. The van der Waals surface area contributed by atoms with Crippen LogP contribution < -0.4 is 25.7 Å². The molecule has 0 atom stereocenters. The molecule has 150 valence electrons. The summed E-state index contributed by atoms with van der Waals surface area (Å²) in [5, 5.41) is 7.03. The van der Waals surface area contributed by atoms with Crippen molar-refractivity contribution in [3.8, 4) is 11.5 Å². The van der Waals surface area contributed by atoms with Crippen LogP contribution in [0.4, 0.5) is 10.5 Å². The number of hydrogen-bond acceptors (Lipinski definition) is 8. The number of rotatable bonds is 4. The molecule has 0 bridgehead atoms. The van der Waals surface area contributed by atoms with Crippen LogP contribution in [0.15, 0.2) is 39.6 Å². The van der Waals surface area contributed by atoms with Gasteiger partial charge in [-0.15, -0.1) is 11.3 Å². The number of ether oxygens (including phenoxy) is 2. The fraction of sp³-hybridized carbons (Fsp3) is 0.222. The van der Waals surface area contributed by atoms with E-state index in [2.05, 4.69) is 15.6 Å². The van der Waals surface area contributed by atoms with Gasteiger partial charge in [-0.05, 0) is 23.6 Å². The molecule has 0 unspecified atom stereocenters. The molecule has 0 radical (unpaired) electrons. The minimum absolute atomic E-state index is 0.0650. The third-order valence-corrected chi connectivity index (χ3v) is 5.95. The molecule has 1 aliphatic heterocycles. The molecule has 0 aliphatic carbocycles. The minimum Gasteiger partial charge on any atom is -0.486 e. The second-order valence-corrected chi connectivity index (χ2v) is 7.90. The summed E-state index contributed by atoms with van der Waals surface area (Å²) in [5.41, 5.74) is 0.904. The summed E-state index contributed by atoms with van der Waals surface area (Å²) in [7, 11) is 1.60. The predicted molar refractivity (Wildman–Crippen MR) is 110 cm³/mol. The minimum atomic E-state index is -0.664. The Labute approximate surface area is 173 Å². The first-order valence-electron chi connectivity index (χ1n) is 8.59. The van der Waals surface area contributed by atoms with E-state index in [0.717, 1.165) is 11.8 Å². The number of imide groups is 1. The first kappa shape index (κ1) is 19.3. The zero-order chi connectivity index (χ0) is 20.4. The van der Waals surface area contributed by atoms with Gasteiger partial charge in [-0.3, -0.25) is 19.5 Å². The maximum Gasteiger partial charge on any atom is 0.325 e. The van der Waals surface area contributed by atoms with Crippen LogP contribution in [0.3, 0.4) is 0 Å². The smallest absolute Gasteiger partial charge is 0.325 e. The summed E-state index contributed by atoms with van der Waals surface area (Å²) < 4.78 is 12.8. The van der Waals surface area contributed by atoms with E-state index in [1.54, 1.807) is 36.7 Å². The number of aromatic nitrogens is 2. The highest BCUT2D eigenvalue weighted by Crippen LogP contribution is 2.32. The Balaban J connectivity index is 1.34. The molecule has 3 aromatic rings. The van der Waals surface area contributed by atoms with E-state index in [1.165, 1.54) is 15.9 Å². The molecule has 3 heterocycles. The second-order valence-electron chi connectivity index (χ2n) is 6.04. The number of carbonyl (C=O) groups excluding carboxylic acids is 2. The largest absolute Gasteiger partial charge is 0.486 e. The van der Waals surface area contributed by atoms with Gasteiger partial charge in [0.1, 0.15) is 17.9 Å². The average molecular weight is 432 g/mol. The van der Waals surface area contributed by atoms with Crippen LogP contribution in [0.2, 0.25) is 0 Å². The normalized spacial score (nSPS) is 12.6. The molecule has 4 rings (SSSR count). The van der Waals surface area contributed by atoms with Crippen molar-refractivity contribution in [3.63, 3.8) is 0 Å². The fourth-order valence-corrected chi connectivity index (χ4v) is 4.25. The van der Waals surface area contributed by atoms with Crippen molar-refractivity contribution in [2.24, 2.45) is 7.05 Å². The average Bonchev–Trinajstić information content (AvgIpc) is 3.18. The summed E-state index contributed by atoms with van der Waals surface area (Å²) in [5.74, 6) is 0.566. The highest BCUT2D eigenvalue weighted by molar-refractivity contribution is 7.99. The molecule has 0 saturated carbocycles. The van der Waals surface area contributed by atoms with Gasteiger partial charge in [0.15, 0.2) is 16.7 Å². The zero-order valence-electron chi connectivity index (χ0n) is 15.3. The first-order valence-corrected chi connectivity index (χ1v) is 10.5. The monoisotopic (exact) mass is 432 g/mol. The van der Waals surface area contributed by atoms with Gasteiger partial charge in [0, 0.05) is 18.8 Å². The van der Waals surface area contributed by atoms with Gasteiger partial charge in [0.25, 0.3) is 5.56 Å². The number of benzene rings is 1. The molecule has 0 spiro atoms. The zero-order valence-corrected chi connectivity index (χ0v) is 16.9. The standard InChI is InChI=1S/C18H16N4O5S2/c1-22-16(24)15-11(4-7-28-15)20-18(22)29-9-14(23)21-17(25)19-10-2-3-12-13(8-10)27-6-5-26-12/h2-4,7-8H,5-6,9H2,1H3,(H2,19,21,23,25). The Morgan fingerprint density at radius 1 is 1.24 bits per heavy atom. The number of fused-ring (bicyclic) bond motifs is 2. The second kappa shape index (κ2) is 8.13. The number of thioether (sulfide) groups is 1. The Morgan fingerprint density at radius 3 is 2.86 bits per heavy atom. The van der Waals surface area contributed by atoms with Crippen molar-refractivity contribution >= 4 is 50.9 Å². The molecule has 9 nitrogen and oxygen atoms in total. The topological polar surface area (TPSA) is 112 Å². The lowest BCUT2D eigenvalue weighted by atomic mass is 10.2. The van der Waals surface area contributed by atoms with Gasteiger partial charge in [0.05, 0.1) is 11.3 Å². The summed E-state index contributed by atoms with van der Waals surface area (Å²) >= 11 is 2.41. The van der Waals surface area contributed by atoms with Crippen LogP contribution in [0, 0.1) is 0 Å². The number of anilines is 1. The van der Waals surface area contributed by atoms with Crippen molar-refractivity contribution in [1.82, 2.24) is 14.9 Å².